The third kappa shape index (κ3) is 11.8. The van der Waals surface area contributed by atoms with Crippen LogP contribution in [0.5, 0.6) is 5.75 Å². The Morgan fingerprint density at radius 1 is 0.842 bits per heavy atom. The number of unbranched alkanes of at least 4 members (excludes halogenated alkanes) is 11. The first-order valence-electron chi connectivity index (χ1n) is 14.7. The van der Waals surface area contributed by atoms with E-state index in [0.29, 0.717) is 6.42 Å². The SMILES string of the molecule is CCCCCCCCCCCCCCOc1ccc(CC(=O)Nc2cccc(C[n+]3ccsc3C)c2)cc1. The minimum Gasteiger partial charge on any atom is -0.494 e. The fourth-order valence-corrected chi connectivity index (χ4v) is 5.38. The third-order valence-corrected chi connectivity index (χ3v) is 7.84. The largest absolute Gasteiger partial charge is 0.494 e. The highest BCUT2D eigenvalue weighted by Crippen LogP contribution is 2.16. The Kier molecular flexibility index (Phi) is 14.0. The highest BCUT2D eigenvalue weighted by molar-refractivity contribution is 7.09. The molecule has 0 aliphatic carbocycles. The van der Waals surface area contributed by atoms with Gasteiger partial charge in [-0.3, -0.25) is 4.79 Å². The summed E-state index contributed by atoms with van der Waals surface area (Å²) in [6, 6.07) is 16.0. The van der Waals surface area contributed by atoms with Crippen LogP contribution in [-0.4, -0.2) is 12.5 Å². The van der Waals surface area contributed by atoms with Gasteiger partial charge in [-0.15, -0.1) is 0 Å². The molecule has 1 amide bonds. The van der Waals surface area contributed by atoms with E-state index >= 15 is 0 Å². The average molecular weight is 536 g/mol. The Bertz CT molecular complexity index is 1060. The molecule has 0 saturated carbocycles. The van der Waals surface area contributed by atoms with Crippen LogP contribution in [0.15, 0.2) is 60.1 Å². The molecule has 1 heterocycles. The summed E-state index contributed by atoms with van der Waals surface area (Å²) in [5.41, 5.74) is 2.99. The normalized spacial score (nSPS) is 11.0. The van der Waals surface area contributed by atoms with E-state index in [2.05, 4.69) is 47.4 Å². The van der Waals surface area contributed by atoms with Gasteiger partial charge in [0, 0.05) is 18.2 Å². The number of thiazole rings is 1. The number of ether oxygens (including phenoxy) is 1. The number of anilines is 1. The highest BCUT2D eigenvalue weighted by Gasteiger charge is 2.10. The molecular formula is C33H47N2O2S+. The molecule has 0 spiro atoms. The number of carbonyl (C=O) groups is 1. The van der Waals surface area contributed by atoms with E-state index in [1.807, 2.05) is 36.4 Å². The van der Waals surface area contributed by atoms with Crippen molar-refractivity contribution < 1.29 is 14.1 Å². The smallest absolute Gasteiger partial charge is 0.234 e. The van der Waals surface area contributed by atoms with Crippen LogP contribution < -0.4 is 14.6 Å². The summed E-state index contributed by atoms with van der Waals surface area (Å²) in [4.78, 5) is 12.6. The summed E-state index contributed by atoms with van der Waals surface area (Å²) in [5.74, 6) is 0.873. The lowest BCUT2D eigenvalue weighted by molar-refractivity contribution is -0.689. The molecule has 3 rings (SSSR count). The first-order chi connectivity index (χ1) is 18.6. The Labute approximate surface area is 234 Å². The zero-order valence-electron chi connectivity index (χ0n) is 23.6. The van der Waals surface area contributed by atoms with Gasteiger partial charge < -0.3 is 10.1 Å². The first-order valence-corrected chi connectivity index (χ1v) is 15.6. The summed E-state index contributed by atoms with van der Waals surface area (Å²) in [7, 11) is 0. The molecule has 0 bridgehead atoms. The van der Waals surface area contributed by atoms with Crippen molar-refractivity contribution >= 4 is 22.9 Å². The van der Waals surface area contributed by atoms with E-state index in [1.165, 1.54) is 81.2 Å². The minimum atomic E-state index is -0.00771. The Balaban J connectivity index is 1.26. The highest BCUT2D eigenvalue weighted by atomic mass is 32.1. The number of nitrogens with zero attached hydrogens (tertiary/aromatic N) is 1. The Morgan fingerprint density at radius 3 is 2.13 bits per heavy atom. The van der Waals surface area contributed by atoms with Crippen molar-refractivity contribution in [2.75, 3.05) is 11.9 Å². The minimum absolute atomic E-state index is 0.00771. The molecule has 0 aliphatic heterocycles. The molecule has 3 aromatic rings. The van der Waals surface area contributed by atoms with E-state index in [4.69, 9.17) is 4.74 Å². The number of benzene rings is 2. The molecule has 206 valence electrons. The van der Waals surface area contributed by atoms with Crippen molar-refractivity contribution in [2.45, 2.75) is 104 Å². The van der Waals surface area contributed by atoms with Gasteiger partial charge in [0.1, 0.15) is 5.75 Å². The number of aromatic nitrogens is 1. The van der Waals surface area contributed by atoms with Crippen molar-refractivity contribution in [1.29, 1.82) is 0 Å². The van der Waals surface area contributed by atoms with Crippen LogP contribution in [0.25, 0.3) is 0 Å². The molecule has 0 radical (unpaired) electrons. The maximum absolute atomic E-state index is 12.6. The van der Waals surface area contributed by atoms with Gasteiger partial charge in [0.25, 0.3) is 0 Å². The molecule has 0 atom stereocenters. The maximum atomic E-state index is 12.6. The van der Waals surface area contributed by atoms with Gasteiger partial charge in [0.15, 0.2) is 12.7 Å². The van der Waals surface area contributed by atoms with E-state index in [0.717, 1.165) is 36.6 Å². The summed E-state index contributed by atoms with van der Waals surface area (Å²) < 4.78 is 8.13. The number of aryl methyl sites for hydroxylation is 1. The molecular weight excluding hydrogens is 488 g/mol. The maximum Gasteiger partial charge on any atom is 0.234 e. The molecule has 1 N–H and O–H groups in total. The summed E-state index contributed by atoms with van der Waals surface area (Å²) in [6.07, 6.45) is 18.6. The van der Waals surface area contributed by atoms with Gasteiger partial charge in [-0.1, -0.05) is 113 Å². The molecule has 0 unspecified atom stereocenters. The van der Waals surface area contributed by atoms with Gasteiger partial charge in [-0.2, -0.15) is 4.57 Å². The van der Waals surface area contributed by atoms with Crippen molar-refractivity contribution in [1.82, 2.24) is 0 Å². The zero-order chi connectivity index (χ0) is 26.8. The second-order valence-electron chi connectivity index (χ2n) is 10.4. The topological polar surface area (TPSA) is 42.2 Å². The van der Waals surface area contributed by atoms with Gasteiger partial charge in [0.05, 0.1) is 18.4 Å². The second-order valence-corrected chi connectivity index (χ2v) is 11.5. The molecule has 0 aliphatic rings. The predicted molar refractivity (Wildman–Crippen MR) is 160 cm³/mol. The second kappa shape index (κ2) is 17.8. The standard InChI is InChI=1S/C33H46N2O2S/c1-3-4-5-6-7-8-9-10-11-12-13-14-23-37-32-20-18-29(19-21-32)26-33(36)34-31-17-15-16-30(25-31)27-35-22-24-38-28(35)2/h15-22,24-25H,3-14,23,26-27H2,1-2H3/p+1. The number of hydrogen-bond donors (Lipinski definition) is 1. The lowest BCUT2D eigenvalue weighted by Gasteiger charge is -2.09. The van der Waals surface area contributed by atoms with E-state index in [1.54, 1.807) is 11.3 Å². The summed E-state index contributed by atoms with van der Waals surface area (Å²) in [6.45, 7) is 5.96. The molecule has 0 fully saturated rings. The third-order valence-electron chi connectivity index (χ3n) is 7.00. The van der Waals surface area contributed by atoms with Gasteiger partial charge in [-0.25, -0.2) is 0 Å². The van der Waals surface area contributed by atoms with Crippen LogP contribution in [0.4, 0.5) is 5.69 Å². The van der Waals surface area contributed by atoms with Crippen LogP contribution in [0.1, 0.15) is 100 Å². The van der Waals surface area contributed by atoms with Crippen molar-refractivity contribution in [3.63, 3.8) is 0 Å². The number of amides is 1. The summed E-state index contributed by atoms with van der Waals surface area (Å²) in [5, 5.41) is 6.40. The van der Waals surface area contributed by atoms with Crippen LogP contribution >= 0.6 is 11.3 Å². The van der Waals surface area contributed by atoms with E-state index in [-0.39, 0.29) is 5.91 Å². The number of carbonyl (C=O) groups excluding carboxylic acids is 1. The average Bonchev–Trinajstić information content (AvgIpc) is 3.32. The number of nitrogens with one attached hydrogen (secondary N) is 1. The van der Waals surface area contributed by atoms with E-state index < -0.39 is 0 Å². The number of hydrogen-bond acceptors (Lipinski definition) is 3. The van der Waals surface area contributed by atoms with Crippen molar-refractivity contribution in [3.8, 4) is 5.75 Å². The Morgan fingerprint density at radius 2 is 1.50 bits per heavy atom. The summed E-state index contributed by atoms with van der Waals surface area (Å²) >= 11 is 1.74. The van der Waals surface area contributed by atoms with Crippen molar-refractivity contribution in [2.24, 2.45) is 0 Å². The molecule has 0 saturated heterocycles. The molecule has 5 heteroatoms. The first kappa shape index (κ1) is 29.9. The lowest BCUT2D eigenvalue weighted by Crippen LogP contribution is -2.34. The quantitative estimate of drug-likeness (QED) is 0.123. The van der Waals surface area contributed by atoms with Crippen molar-refractivity contribution in [3.05, 3.63) is 76.2 Å². The van der Waals surface area contributed by atoms with Crippen LogP contribution in [0.2, 0.25) is 0 Å². The molecule has 1 aromatic heterocycles. The van der Waals surface area contributed by atoms with Crippen LogP contribution in [0.3, 0.4) is 0 Å². The van der Waals surface area contributed by atoms with Gasteiger partial charge in [-0.05, 0) is 36.2 Å². The molecule has 2 aromatic carbocycles. The number of rotatable bonds is 19. The zero-order valence-corrected chi connectivity index (χ0v) is 24.4. The van der Waals surface area contributed by atoms with Crippen LogP contribution in [-0.2, 0) is 17.8 Å². The fraction of sp³-hybridized carbons (Fsp3) is 0.515. The predicted octanol–water partition coefficient (Wildman–Crippen LogP) is 8.65. The van der Waals surface area contributed by atoms with Crippen LogP contribution in [0, 0.1) is 6.92 Å². The Hall–Kier alpha value is -2.66. The molecule has 4 nitrogen and oxygen atoms in total. The monoisotopic (exact) mass is 535 g/mol. The van der Waals surface area contributed by atoms with Gasteiger partial charge >= 0.3 is 0 Å². The van der Waals surface area contributed by atoms with Gasteiger partial charge in [0.2, 0.25) is 10.9 Å². The lowest BCUT2D eigenvalue weighted by atomic mass is 10.1. The molecule has 38 heavy (non-hydrogen) atoms. The fourth-order valence-electron chi connectivity index (χ4n) is 4.71. The van der Waals surface area contributed by atoms with E-state index in [9.17, 15) is 4.79 Å².